The molecule has 0 saturated heterocycles. The van der Waals surface area contributed by atoms with Gasteiger partial charge in [0.2, 0.25) is 0 Å². The summed E-state index contributed by atoms with van der Waals surface area (Å²) in [5, 5.41) is 20.3. The smallest absolute Gasteiger partial charge is 0.258 e. The number of nitriles is 1. The number of hydrogen-bond donors (Lipinski definition) is 0. The number of nitrogens with zero attached hydrogens (tertiary/aromatic N) is 2. The quantitative estimate of drug-likeness (QED) is 0.615. The van der Waals surface area contributed by atoms with Crippen LogP contribution in [0, 0.1) is 21.4 Å². The van der Waals surface area contributed by atoms with Gasteiger partial charge in [-0.05, 0) is 17.7 Å². The zero-order valence-electron chi connectivity index (χ0n) is 10.4. The molecule has 0 aliphatic heterocycles. The van der Waals surface area contributed by atoms with Crippen LogP contribution in [0.5, 0.6) is 0 Å². The highest BCUT2D eigenvalue weighted by atomic mass is 16.6. The fourth-order valence-electron chi connectivity index (χ4n) is 2.02. The van der Waals surface area contributed by atoms with Crippen LogP contribution in [0.1, 0.15) is 12.0 Å². The summed E-state index contributed by atoms with van der Waals surface area (Å²) >= 11 is 0. The van der Waals surface area contributed by atoms with E-state index in [9.17, 15) is 10.1 Å². The van der Waals surface area contributed by atoms with Gasteiger partial charge in [-0.25, -0.2) is 0 Å². The van der Waals surface area contributed by atoms with Gasteiger partial charge in [-0.15, -0.1) is 0 Å². The molecule has 0 radical (unpaired) electrons. The summed E-state index contributed by atoms with van der Waals surface area (Å²) in [6, 6.07) is 11.1. The summed E-state index contributed by atoms with van der Waals surface area (Å²) in [6.07, 6.45) is 3.10. The lowest BCUT2D eigenvalue weighted by atomic mass is 9.88. The molecule has 1 aromatic carbocycles. The van der Waals surface area contributed by atoms with Crippen molar-refractivity contribution in [2.24, 2.45) is 0 Å². The minimum atomic E-state index is -1.25. The summed E-state index contributed by atoms with van der Waals surface area (Å²) in [4.78, 5) is 10.8. The van der Waals surface area contributed by atoms with E-state index >= 15 is 0 Å². The molecule has 0 aromatic heterocycles. The molecule has 0 saturated carbocycles. The Bertz CT molecular complexity index is 599. The fourth-order valence-corrected chi connectivity index (χ4v) is 2.02. The largest absolute Gasteiger partial charge is 0.359 e. The van der Waals surface area contributed by atoms with Crippen LogP contribution in [0.2, 0.25) is 0 Å². The highest BCUT2D eigenvalue weighted by Crippen LogP contribution is 2.34. The van der Waals surface area contributed by atoms with E-state index in [0.717, 1.165) is 5.56 Å². The van der Waals surface area contributed by atoms with Gasteiger partial charge in [-0.1, -0.05) is 30.3 Å². The van der Waals surface area contributed by atoms with E-state index in [4.69, 9.17) is 10.00 Å². The van der Waals surface area contributed by atoms with Crippen LogP contribution in [0.25, 0.3) is 5.57 Å². The Morgan fingerprint density at radius 3 is 2.63 bits per heavy atom. The molecule has 96 valence electrons. The van der Waals surface area contributed by atoms with E-state index in [1.165, 1.54) is 7.11 Å². The second-order valence-corrected chi connectivity index (χ2v) is 4.20. The summed E-state index contributed by atoms with van der Waals surface area (Å²) in [6.45, 7) is 0. The van der Waals surface area contributed by atoms with Crippen molar-refractivity contribution in [2.75, 3.05) is 7.11 Å². The molecule has 1 aliphatic rings. The molecule has 2 rings (SSSR count). The minimum Gasteiger partial charge on any atom is -0.359 e. The number of hydrogen-bond acceptors (Lipinski definition) is 4. The molecule has 1 aliphatic carbocycles. The van der Waals surface area contributed by atoms with Crippen molar-refractivity contribution >= 4 is 5.57 Å². The Kier molecular flexibility index (Phi) is 3.45. The van der Waals surface area contributed by atoms with Crippen LogP contribution in [0.15, 0.2) is 48.2 Å². The first-order valence-electron chi connectivity index (χ1n) is 5.70. The zero-order valence-corrected chi connectivity index (χ0v) is 10.4. The third-order valence-corrected chi connectivity index (χ3v) is 3.12. The zero-order chi connectivity index (χ0) is 13.9. The first-order valence-corrected chi connectivity index (χ1v) is 5.70. The van der Waals surface area contributed by atoms with Gasteiger partial charge in [0.25, 0.3) is 5.70 Å². The predicted octanol–water partition coefficient (Wildman–Crippen LogP) is 2.54. The lowest BCUT2D eigenvalue weighted by molar-refractivity contribution is -0.428. The van der Waals surface area contributed by atoms with Gasteiger partial charge < -0.3 is 4.74 Å². The van der Waals surface area contributed by atoms with Crippen LogP contribution in [-0.4, -0.2) is 17.6 Å². The Balaban J connectivity index is 2.51. The summed E-state index contributed by atoms with van der Waals surface area (Å²) in [5.74, 6) is 0. The number of allylic oxidation sites excluding steroid dienone is 2. The fraction of sp³-hybridized carbons (Fsp3) is 0.214. The second kappa shape index (κ2) is 5.04. The van der Waals surface area contributed by atoms with Gasteiger partial charge in [0.15, 0.2) is 5.60 Å². The van der Waals surface area contributed by atoms with Crippen molar-refractivity contribution in [1.82, 2.24) is 0 Å². The molecule has 0 amide bonds. The van der Waals surface area contributed by atoms with E-state index in [1.54, 1.807) is 24.3 Å². The van der Waals surface area contributed by atoms with E-state index in [2.05, 4.69) is 0 Å². The first kappa shape index (κ1) is 13.0. The van der Waals surface area contributed by atoms with Crippen molar-refractivity contribution in [3.8, 4) is 6.07 Å². The average Bonchev–Trinajstić information content (AvgIpc) is 2.47. The highest BCUT2D eigenvalue weighted by Gasteiger charge is 2.37. The van der Waals surface area contributed by atoms with Gasteiger partial charge in [0.1, 0.15) is 6.07 Å². The predicted molar refractivity (Wildman–Crippen MR) is 69.5 cm³/mol. The van der Waals surface area contributed by atoms with Gasteiger partial charge in [0.05, 0.1) is 16.9 Å². The number of benzene rings is 1. The van der Waals surface area contributed by atoms with Crippen LogP contribution in [0.4, 0.5) is 0 Å². The van der Waals surface area contributed by atoms with Crippen molar-refractivity contribution in [3.05, 3.63) is 63.9 Å². The Labute approximate surface area is 110 Å². The van der Waals surface area contributed by atoms with Crippen molar-refractivity contribution in [3.63, 3.8) is 0 Å². The van der Waals surface area contributed by atoms with E-state index in [0.29, 0.717) is 5.57 Å². The standard InChI is InChI=1S/C14H12N2O3/c1-19-14(10-15)8-7-12(13(9-14)16(17)18)11-5-3-2-4-6-11/h2-8H,9H2,1H3. The Hall–Kier alpha value is -2.45. The maximum atomic E-state index is 11.2. The first-order chi connectivity index (χ1) is 9.12. The molecular formula is C14H12N2O3. The molecule has 5 nitrogen and oxygen atoms in total. The van der Waals surface area contributed by atoms with Crippen LogP contribution < -0.4 is 0 Å². The number of nitro groups is 1. The molecular weight excluding hydrogens is 244 g/mol. The lowest BCUT2D eigenvalue weighted by Gasteiger charge is -2.23. The molecule has 5 heteroatoms. The van der Waals surface area contributed by atoms with Crippen LogP contribution in [0.3, 0.4) is 0 Å². The molecule has 0 bridgehead atoms. The monoisotopic (exact) mass is 256 g/mol. The van der Waals surface area contributed by atoms with Crippen LogP contribution in [-0.2, 0) is 4.74 Å². The SMILES string of the molecule is COC1(C#N)C=CC(c2ccccc2)=C([N+](=O)[O-])C1. The molecule has 19 heavy (non-hydrogen) atoms. The maximum Gasteiger partial charge on any atom is 0.258 e. The van der Waals surface area contributed by atoms with Crippen molar-refractivity contribution in [2.45, 2.75) is 12.0 Å². The Morgan fingerprint density at radius 2 is 2.11 bits per heavy atom. The number of methoxy groups -OCH3 is 1. The van der Waals surface area contributed by atoms with E-state index in [-0.39, 0.29) is 12.1 Å². The van der Waals surface area contributed by atoms with Gasteiger partial charge in [-0.2, -0.15) is 5.26 Å². The second-order valence-electron chi connectivity index (χ2n) is 4.20. The highest BCUT2D eigenvalue weighted by molar-refractivity contribution is 5.77. The number of ether oxygens (including phenoxy) is 1. The van der Waals surface area contributed by atoms with E-state index < -0.39 is 10.5 Å². The van der Waals surface area contributed by atoms with Gasteiger partial charge in [0, 0.05) is 7.11 Å². The summed E-state index contributed by atoms with van der Waals surface area (Å²) < 4.78 is 5.11. The summed E-state index contributed by atoms with van der Waals surface area (Å²) in [5.41, 5.74) is 0.0273. The molecule has 0 fully saturated rings. The Morgan fingerprint density at radius 1 is 1.42 bits per heavy atom. The number of rotatable bonds is 3. The third-order valence-electron chi connectivity index (χ3n) is 3.12. The maximum absolute atomic E-state index is 11.2. The molecule has 1 atom stereocenters. The molecule has 1 aromatic rings. The normalized spacial score (nSPS) is 22.1. The van der Waals surface area contributed by atoms with Gasteiger partial charge in [-0.3, -0.25) is 10.1 Å². The van der Waals surface area contributed by atoms with E-state index in [1.807, 2.05) is 24.3 Å². The van der Waals surface area contributed by atoms with Gasteiger partial charge >= 0.3 is 0 Å². The molecule has 0 spiro atoms. The summed E-state index contributed by atoms with van der Waals surface area (Å²) in [7, 11) is 1.37. The topological polar surface area (TPSA) is 76.2 Å². The lowest BCUT2D eigenvalue weighted by Crippen LogP contribution is -2.31. The minimum absolute atomic E-state index is 0.00269. The third kappa shape index (κ3) is 2.39. The average molecular weight is 256 g/mol. The van der Waals surface area contributed by atoms with Crippen molar-refractivity contribution in [1.29, 1.82) is 5.26 Å². The molecule has 0 N–H and O–H groups in total. The van der Waals surface area contributed by atoms with Crippen molar-refractivity contribution < 1.29 is 9.66 Å². The van der Waals surface area contributed by atoms with Crippen LogP contribution >= 0.6 is 0 Å². The molecule has 0 heterocycles. The molecule has 1 unspecified atom stereocenters.